The predicted octanol–water partition coefficient (Wildman–Crippen LogP) is 0.285. The molecule has 0 radical (unpaired) electrons. The summed E-state index contributed by atoms with van der Waals surface area (Å²) >= 11 is 0. The Morgan fingerprint density at radius 3 is 2.84 bits per heavy atom. The average molecular weight is 288 g/mol. The summed E-state index contributed by atoms with van der Waals surface area (Å²) in [5, 5.41) is 3.99. The van der Waals surface area contributed by atoms with E-state index >= 15 is 0 Å². The molecule has 8 heteroatoms. The quantitative estimate of drug-likeness (QED) is 0.859. The first-order valence-electron chi connectivity index (χ1n) is 6.43. The second-order valence-electron chi connectivity index (χ2n) is 4.50. The maximum atomic E-state index is 12.5. The Labute approximate surface area is 113 Å². The summed E-state index contributed by atoms with van der Waals surface area (Å²) in [6.07, 6.45) is 2.22. The lowest BCUT2D eigenvalue weighted by atomic mass is 10.2. The molecule has 0 aromatic carbocycles. The van der Waals surface area contributed by atoms with Gasteiger partial charge in [-0.05, 0) is 13.3 Å². The van der Waals surface area contributed by atoms with Gasteiger partial charge in [0.15, 0.2) is 5.82 Å². The van der Waals surface area contributed by atoms with Crippen molar-refractivity contribution in [1.29, 1.82) is 0 Å². The molecule has 1 aromatic rings. The first-order chi connectivity index (χ1) is 8.98. The van der Waals surface area contributed by atoms with Crippen LogP contribution in [0.15, 0.2) is 11.1 Å². The molecule has 2 heterocycles. The van der Waals surface area contributed by atoms with Crippen molar-refractivity contribution in [3.05, 3.63) is 6.20 Å². The molecule has 1 aromatic heterocycles. The highest BCUT2D eigenvalue weighted by Crippen LogP contribution is 2.23. The van der Waals surface area contributed by atoms with Crippen LogP contribution in [0.2, 0.25) is 0 Å². The van der Waals surface area contributed by atoms with Crippen molar-refractivity contribution in [2.24, 2.45) is 0 Å². The van der Waals surface area contributed by atoms with Gasteiger partial charge < -0.3 is 10.5 Å². The minimum absolute atomic E-state index is 0.0500. The van der Waals surface area contributed by atoms with E-state index < -0.39 is 10.0 Å². The van der Waals surface area contributed by atoms with Crippen LogP contribution in [0, 0.1) is 0 Å². The number of hydrogen-bond acceptors (Lipinski definition) is 5. The van der Waals surface area contributed by atoms with Crippen LogP contribution in [-0.4, -0.2) is 48.3 Å². The summed E-state index contributed by atoms with van der Waals surface area (Å²) in [5.41, 5.74) is 5.71. The van der Waals surface area contributed by atoms with Crippen LogP contribution in [0.3, 0.4) is 0 Å². The van der Waals surface area contributed by atoms with Crippen LogP contribution >= 0.6 is 0 Å². The molecule has 1 aliphatic rings. The highest BCUT2D eigenvalue weighted by molar-refractivity contribution is 7.89. The first kappa shape index (κ1) is 14.3. The lowest BCUT2D eigenvalue weighted by Gasteiger charge is -2.31. The second kappa shape index (κ2) is 5.48. The monoisotopic (exact) mass is 288 g/mol. The van der Waals surface area contributed by atoms with E-state index in [-0.39, 0.29) is 16.8 Å². The van der Waals surface area contributed by atoms with Crippen molar-refractivity contribution in [3.8, 4) is 0 Å². The van der Waals surface area contributed by atoms with Gasteiger partial charge in [-0.15, -0.1) is 0 Å². The molecule has 2 rings (SSSR count). The van der Waals surface area contributed by atoms with Crippen molar-refractivity contribution in [3.63, 3.8) is 0 Å². The topological polar surface area (TPSA) is 90.5 Å². The van der Waals surface area contributed by atoms with Crippen LogP contribution in [0.5, 0.6) is 0 Å². The number of anilines is 1. The smallest absolute Gasteiger partial charge is 0.248 e. The van der Waals surface area contributed by atoms with E-state index in [1.165, 1.54) is 15.2 Å². The number of nitrogen functional groups attached to an aromatic ring is 1. The maximum Gasteiger partial charge on any atom is 0.248 e. The number of aryl methyl sites for hydroxylation is 1. The molecule has 0 bridgehead atoms. The highest BCUT2D eigenvalue weighted by atomic mass is 32.2. The van der Waals surface area contributed by atoms with Crippen molar-refractivity contribution in [1.82, 2.24) is 14.1 Å². The molecule has 108 valence electrons. The van der Waals surface area contributed by atoms with E-state index in [1.807, 2.05) is 13.8 Å². The Morgan fingerprint density at radius 1 is 1.53 bits per heavy atom. The van der Waals surface area contributed by atoms with Gasteiger partial charge in [-0.25, -0.2) is 8.42 Å². The summed E-state index contributed by atoms with van der Waals surface area (Å²) < 4.78 is 33.5. The molecule has 0 spiro atoms. The number of morpholine rings is 1. The summed E-state index contributed by atoms with van der Waals surface area (Å²) in [4.78, 5) is 0.0890. The Bertz CT molecular complexity index is 540. The number of ether oxygens (including phenoxy) is 1. The van der Waals surface area contributed by atoms with Crippen LogP contribution < -0.4 is 5.73 Å². The molecule has 1 aliphatic heterocycles. The molecule has 0 aliphatic carbocycles. The van der Waals surface area contributed by atoms with E-state index in [0.717, 1.165) is 6.42 Å². The molecule has 1 fully saturated rings. The third-order valence-electron chi connectivity index (χ3n) is 3.25. The zero-order valence-corrected chi connectivity index (χ0v) is 12.1. The molecule has 7 nitrogen and oxygen atoms in total. The van der Waals surface area contributed by atoms with Crippen LogP contribution in [0.1, 0.15) is 20.3 Å². The molecular weight excluding hydrogens is 268 g/mol. The van der Waals surface area contributed by atoms with Crippen LogP contribution in [-0.2, 0) is 21.3 Å². The lowest BCUT2D eigenvalue weighted by Crippen LogP contribution is -2.45. The van der Waals surface area contributed by atoms with E-state index in [1.54, 1.807) is 0 Å². The summed E-state index contributed by atoms with van der Waals surface area (Å²) in [6.45, 7) is 5.58. The van der Waals surface area contributed by atoms with Gasteiger partial charge in [-0.3, -0.25) is 4.68 Å². The molecular formula is C11H20N4O3S. The Hall–Kier alpha value is -1.12. The molecule has 1 unspecified atom stereocenters. The molecule has 0 saturated carbocycles. The van der Waals surface area contributed by atoms with E-state index in [4.69, 9.17) is 10.5 Å². The average Bonchev–Trinajstić information content (AvgIpc) is 2.81. The van der Waals surface area contributed by atoms with Gasteiger partial charge in [0, 0.05) is 25.8 Å². The fourth-order valence-corrected chi connectivity index (χ4v) is 3.59. The molecule has 2 N–H and O–H groups in total. The fraction of sp³-hybridized carbons (Fsp3) is 0.727. The van der Waals surface area contributed by atoms with Crippen molar-refractivity contribution in [2.75, 3.05) is 25.4 Å². The highest BCUT2D eigenvalue weighted by Gasteiger charge is 2.32. The summed E-state index contributed by atoms with van der Waals surface area (Å²) in [7, 11) is -3.58. The predicted molar refractivity (Wildman–Crippen MR) is 71.1 cm³/mol. The number of hydrogen-bond donors (Lipinski definition) is 1. The Balaban J connectivity index is 2.28. The van der Waals surface area contributed by atoms with Gasteiger partial charge in [0.1, 0.15) is 4.90 Å². The fourth-order valence-electron chi connectivity index (χ4n) is 2.08. The summed E-state index contributed by atoms with van der Waals surface area (Å²) in [6, 6.07) is 0. The lowest BCUT2D eigenvalue weighted by molar-refractivity contribution is -0.00277. The van der Waals surface area contributed by atoms with Crippen molar-refractivity contribution < 1.29 is 13.2 Å². The van der Waals surface area contributed by atoms with Gasteiger partial charge in [0.25, 0.3) is 0 Å². The zero-order valence-electron chi connectivity index (χ0n) is 11.2. The third kappa shape index (κ3) is 2.75. The largest absolute Gasteiger partial charge is 0.381 e. The molecule has 19 heavy (non-hydrogen) atoms. The van der Waals surface area contributed by atoms with E-state index in [2.05, 4.69) is 5.10 Å². The van der Waals surface area contributed by atoms with Gasteiger partial charge >= 0.3 is 0 Å². The molecule has 0 amide bonds. The third-order valence-corrected chi connectivity index (χ3v) is 5.14. The minimum atomic E-state index is -3.58. The number of nitrogens with zero attached hydrogens (tertiary/aromatic N) is 3. The SMILES string of the molecule is CCC1CN(S(=O)(=O)c2cn(CC)nc2N)CCO1. The van der Waals surface area contributed by atoms with E-state index in [9.17, 15) is 8.42 Å². The van der Waals surface area contributed by atoms with Crippen LogP contribution in [0.25, 0.3) is 0 Å². The van der Waals surface area contributed by atoms with Crippen LogP contribution in [0.4, 0.5) is 5.82 Å². The van der Waals surface area contributed by atoms with Gasteiger partial charge in [-0.2, -0.15) is 9.40 Å². The second-order valence-corrected chi connectivity index (χ2v) is 6.40. The zero-order chi connectivity index (χ0) is 14.0. The first-order valence-corrected chi connectivity index (χ1v) is 7.87. The van der Waals surface area contributed by atoms with Crippen molar-refractivity contribution in [2.45, 2.75) is 37.8 Å². The number of aromatic nitrogens is 2. The molecule has 1 atom stereocenters. The number of sulfonamides is 1. The Kier molecular flexibility index (Phi) is 4.12. The van der Waals surface area contributed by atoms with Gasteiger partial charge in [0.2, 0.25) is 10.0 Å². The minimum Gasteiger partial charge on any atom is -0.381 e. The maximum absolute atomic E-state index is 12.5. The standard InChI is InChI=1S/C11H20N4O3S/c1-3-9-7-15(5-6-18-9)19(16,17)10-8-14(4-2)13-11(10)12/h8-9H,3-7H2,1-2H3,(H2,12,13). The van der Waals surface area contributed by atoms with E-state index in [0.29, 0.717) is 26.2 Å². The van der Waals surface area contributed by atoms with Gasteiger partial charge in [-0.1, -0.05) is 6.92 Å². The van der Waals surface area contributed by atoms with Crippen molar-refractivity contribution >= 4 is 15.8 Å². The number of rotatable bonds is 4. The van der Waals surface area contributed by atoms with Gasteiger partial charge in [0.05, 0.1) is 12.7 Å². The molecule has 1 saturated heterocycles. The Morgan fingerprint density at radius 2 is 2.26 bits per heavy atom. The summed E-state index contributed by atoms with van der Waals surface area (Å²) in [5.74, 6) is 0.0568. The number of nitrogens with two attached hydrogens (primary N) is 1. The normalized spacial score (nSPS) is 21.7.